The molecule has 1 aliphatic carbocycles. The summed E-state index contributed by atoms with van der Waals surface area (Å²) in [4.78, 5) is 1.02. The summed E-state index contributed by atoms with van der Waals surface area (Å²) in [5.74, 6) is 2.10. The number of hydrogen-bond acceptors (Lipinski definition) is 2. The zero-order valence-corrected chi connectivity index (χ0v) is 12.2. The van der Waals surface area contributed by atoms with E-state index in [4.69, 9.17) is 0 Å². The van der Waals surface area contributed by atoms with Crippen LogP contribution < -0.4 is 5.32 Å². The molecule has 0 bridgehead atoms. The first-order valence-electron chi connectivity index (χ1n) is 7.23. The Morgan fingerprint density at radius 3 is 2.33 bits per heavy atom. The van der Waals surface area contributed by atoms with E-state index in [0.29, 0.717) is 0 Å². The second kappa shape index (κ2) is 7.20. The molecule has 2 aliphatic rings. The lowest BCUT2D eigenvalue weighted by molar-refractivity contribution is 0.159. The van der Waals surface area contributed by atoms with Crippen LogP contribution in [0.25, 0.3) is 0 Å². The van der Waals surface area contributed by atoms with Gasteiger partial charge in [-0.3, -0.25) is 0 Å². The second-order valence-electron chi connectivity index (χ2n) is 5.69. The smallest absolute Gasteiger partial charge is 0.00415 e. The minimum Gasteiger partial charge on any atom is -0.314 e. The van der Waals surface area contributed by atoms with Gasteiger partial charge in [0.15, 0.2) is 0 Å². The zero-order chi connectivity index (χ0) is 12.8. The Morgan fingerprint density at radius 1 is 1.06 bits per heavy atom. The van der Waals surface area contributed by atoms with Crippen molar-refractivity contribution in [2.45, 2.75) is 50.0 Å². The average molecular weight is 263 g/mol. The normalized spacial score (nSPS) is 30.9. The number of nitrogens with one attached hydrogen (secondary N) is 1. The molecule has 0 radical (unpaired) electrons. The molecule has 1 nitrogen and oxygen atoms in total. The number of hydrogen-bond donors (Lipinski definition) is 2. The van der Waals surface area contributed by atoms with Crippen molar-refractivity contribution < 1.29 is 0 Å². The molecular formula is C16H25NS. The van der Waals surface area contributed by atoms with E-state index in [-0.39, 0.29) is 0 Å². The van der Waals surface area contributed by atoms with E-state index >= 15 is 0 Å². The Kier molecular flexibility index (Phi) is 5.58. The van der Waals surface area contributed by atoms with Gasteiger partial charge in [0.25, 0.3) is 0 Å². The largest absolute Gasteiger partial charge is 0.314 e. The van der Waals surface area contributed by atoms with Gasteiger partial charge in [-0.25, -0.2) is 0 Å². The molecule has 1 aromatic carbocycles. The molecule has 3 atom stereocenters. The van der Waals surface area contributed by atoms with Crippen molar-refractivity contribution in [3.8, 4) is 0 Å². The van der Waals surface area contributed by atoms with Crippen molar-refractivity contribution in [3.05, 3.63) is 30.3 Å². The van der Waals surface area contributed by atoms with Crippen molar-refractivity contribution in [1.29, 1.82) is 0 Å². The lowest BCUT2D eigenvalue weighted by Crippen LogP contribution is -2.43. The van der Waals surface area contributed by atoms with Gasteiger partial charge >= 0.3 is 0 Å². The van der Waals surface area contributed by atoms with Crippen molar-refractivity contribution >= 4 is 12.6 Å². The average Bonchev–Trinajstić information content (AvgIpc) is 2.40. The molecule has 0 aromatic heterocycles. The fourth-order valence-electron chi connectivity index (χ4n) is 3.18. The molecule has 18 heavy (non-hydrogen) atoms. The van der Waals surface area contributed by atoms with Crippen molar-refractivity contribution in [2.75, 3.05) is 6.54 Å². The van der Waals surface area contributed by atoms with Crippen LogP contribution in [0.4, 0.5) is 0 Å². The Bertz CT molecular complexity index is 338. The highest BCUT2D eigenvalue weighted by atomic mass is 32.1. The van der Waals surface area contributed by atoms with E-state index in [0.717, 1.165) is 22.8 Å². The quantitative estimate of drug-likeness (QED) is 0.670. The fourth-order valence-corrected chi connectivity index (χ4v) is 3.35. The van der Waals surface area contributed by atoms with Crippen LogP contribution in [-0.4, -0.2) is 12.6 Å². The molecule has 1 saturated heterocycles. The first-order valence-corrected chi connectivity index (χ1v) is 7.68. The Balaban J connectivity index is 0.000000149. The lowest BCUT2D eigenvalue weighted by atomic mass is 9.74. The molecule has 2 heteroatoms. The molecule has 1 N–H and O–H groups in total. The first kappa shape index (κ1) is 14.0. The van der Waals surface area contributed by atoms with E-state index in [1.165, 1.54) is 38.6 Å². The van der Waals surface area contributed by atoms with Gasteiger partial charge in [0.2, 0.25) is 0 Å². The maximum atomic E-state index is 4.08. The highest BCUT2D eigenvalue weighted by molar-refractivity contribution is 7.80. The van der Waals surface area contributed by atoms with Crippen LogP contribution in [0.3, 0.4) is 0 Å². The summed E-state index contributed by atoms with van der Waals surface area (Å²) in [5, 5.41) is 3.58. The summed E-state index contributed by atoms with van der Waals surface area (Å²) in [6.07, 6.45) is 7.41. The Hall–Kier alpha value is -0.470. The maximum absolute atomic E-state index is 4.08. The topological polar surface area (TPSA) is 12.0 Å². The monoisotopic (exact) mass is 263 g/mol. The van der Waals surface area contributed by atoms with Gasteiger partial charge in [-0.05, 0) is 50.3 Å². The van der Waals surface area contributed by atoms with Gasteiger partial charge in [-0.1, -0.05) is 37.5 Å². The number of piperidine rings is 1. The number of rotatable bonds is 0. The highest BCUT2D eigenvalue weighted by Crippen LogP contribution is 2.34. The number of benzene rings is 1. The van der Waals surface area contributed by atoms with Crippen molar-refractivity contribution in [2.24, 2.45) is 11.8 Å². The standard InChI is InChI=1S/C10H19N.C6H6S/c1-8-6-9-4-2-3-5-10(9)7-11-8;7-6-4-2-1-3-5-6/h8-11H,2-7H2,1H3;1-5,7H/t8-,9+,10-;/m1./s1. The van der Waals surface area contributed by atoms with Gasteiger partial charge < -0.3 is 5.32 Å². The molecule has 3 rings (SSSR count). The van der Waals surface area contributed by atoms with Crippen molar-refractivity contribution in [3.63, 3.8) is 0 Å². The van der Waals surface area contributed by atoms with Crippen LogP contribution in [0, 0.1) is 11.8 Å². The van der Waals surface area contributed by atoms with Crippen LogP contribution >= 0.6 is 12.6 Å². The summed E-state index contributed by atoms with van der Waals surface area (Å²) in [6.45, 7) is 3.62. The molecule has 1 aliphatic heterocycles. The van der Waals surface area contributed by atoms with Gasteiger partial charge in [0, 0.05) is 10.9 Å². The molecule has 0 amide bonds. The fraction of sp³-hybridized carbons (Fsp3) is 0.625. The molecular weight excluding hydrogens is 238 g/mol. The van der Waals surface area contributed by atoms with Crippen molar-refractivity contribution in [1.82, 2.24) is 5.32 Å². The maximum Gasteiger partial charge on any atom is 0.00415 e. The highest BCUT2D eigenvalue weighted by Gasteiger charge is 2.29. The summed E-state index contributed by atoms with van der Waals surface area (Å²) in [7, 11) is 0. The molecule has 0 spiro atoms. The summed E-state index contributed by atoms with van der Waals surface area (Å²) in [6, 6.07) is 10.6. The van der Waals surface area contributed by atoms with E-state index in [9.17, 15) is 0 Å². The van der Waals surface area contributed by atoms with Gasteiger partial charge in [0.05, 0.1) is 0 Å². The molecule has 1 saturated carbocycles. The van der Waals surface area contributed by atoms with E-state index < -0.39 is 0 Å². The van der Waals surface area contributed by atoms with Gasteiger partial charge in [-0.2, -0.15) is 0 Å². The molecule has 100 valence electrons. The Labute approximate surface area is 117 Å². The molecule has 0 unspecified atom stereocenters. The molecule has 1 heterocycles. The third kappa shape index (κ3) is 4.33. The van der Waals surface area contributed by atoms with E-state index in [2.05, 4.69) is 24.9 Å². The summed E-state index contributed by atoms with van der Waals surface area (Å²) >= 11 is 4.08. The first-order chi connectivity index (χ1) is 8.75. The van der Waals surface area contributed by atoms with Crippen LogP contribution in [0.1, 0.15) is 39.0 Å². The lowest BCUT2D eigenvalue weighted by Gasteiger charge is -2.38. The van der Waals surface area contributed by atoms with E-state index in [1.54, 1.807) is 0 Å². The zero-order valence-electron chi connectivity index (χ0n) is 11.3. The molecule has 2 fully saturated rings. The SMILES string of the molecule is C[C@@H]1C[C@@H]2CCCC[C@@H]2CN1.Sc1ccccc1. The van der Waals surface area contributed by atoms with Gasteiger partial charge in [0.1, 0.15) is 0 Å². The number of thiol groups is 1. The van der Waals surface area contributed by atoms with Crippen LogP contribution in [-0.2, 0) is 0 Å². The third-order valence-corrected chi connectivity index (χ3v) is 4.51. The third-order valence-electron chi connectivity index (χ3n) is 4.21. The van der Waals surface area contributed by atoms with Crippen LogP contribution in [0.2, 0.25) is 0 Å². The minimum atomic E-state index is 0.786. The van der Waals surface area contributed by atoms with Gasteiger partial charge in [-0.15, -0.1) is 12.6 Å². The molecule has 1 aromatic rings. The van der Waals surface area contributed by atoms with Crippen LogP contribution in [0.15, 0.2) is 35.2 Å². The Morgan fingerprint density at radius 2 is 1.72 bits per heavy atom. The van der Waals surface area contributed by atoms with E-state index in [1.807, 2.05) is 30.3 Å². The minimum absolute atomic E-state index is 0.786. The predicted molar refractivity (Wildman–Crippen MR) is 81.2 cm³/mol. The number of fused-ring (bicyclic) bond motifs is 1. The van der Waals surface area contributed by atoms with Crippen LogP contribution in [0.5, 0.6) is 0 Å². The summed E-state index contributed by atoms with van der Waals surface area (Å²) < 4.78 is 0. The predicted octanol–water partition coefficient (Wildman–Crippen LogP) is 4.15. The second-order valence-corrected chi connectivity index (χ2v) is 6.20. The summed E-state index contributed by atoms with van der Waals surface area (Å²) in [5.41, 5.74) is 0.